The second-order valence-electron chi connectivity index (χ2n) is 5.52. The van der Waals surface area contributed by atoms with Crippen LogP contribution in [0, 0.1) is 0 Å². The number of rotatable bonds is 6. The molecule has 0 radical (unpaired) electrons. The molecular formula is C16H16ClN3OS3. The molecule has 1 aliphatic heterocycles. The van der Waals surface area contributed by atoms with Gasteiger partial charge in [0.2, 0.25) is 0 Å². The standard InChI is InChI=1S/C16H16ClN3OS3/c17-14-6-5-12(24-14)10-23-16-19-18-15(13-4-2-8-22-13)20(16)9-11-3-1-7-21-11/h2,4-6,8,11H,1,3,7,9-10H2. The Balaban J connectivity index is 1.57. The number of thiophene rings is 2. The number of halogens is 1. The van der Waals surface area contributed by atoms with Crippen molar-refractivity contribution in [3.05, 3.63) is 38.9 Å². The van der Waals surface area contributed by atoms with Crippen LogP contribution in [0.4, 0.5) is 0 Å². The molecule has 8 heteroatoms. The number of nitrogens with zero attached hydrogens (tertiary/aromatic N) is 3. The largest absolute Gasteiger partial charge is 0.376 e. The molecule has 0 bridgehead atoms. The summed E-state index contributed by atoms with van der Waals surface area (Å²) >= 11 is 11.0. The van der Waals surface area contributed by atoms with Crippen molar-refractivity contribution in [2.24, 2.45) is 0 Å². The van der Waals surface area contributed by atoms with Crippen molar-refractivity contribution < 1.29 is 4.74 Å². The SMILES string of the molecule is Clc1ccc(CSc2nnc(-c3cccs3)n2CC2CCCO2)s1. The summed E-state index contributed by atoms with van der Waals surface area (Å²) in [5, 5.41) is 11.9. The van der Waals surface area contributed by atoms with Gasteiger partial charge in [0.05, 0.1) is 21.9 Å². The number of aromatic nitrogens is 3. The lowest BCUT2D eigenvalue weighted by Gasteiger charge is -2.14. The summed E-state index contributed by atoms with van der Waals surface area (Å²) in [7, 11) is 0. The normalized spacial score (nSPS) is 17.6. The fraction of sp³-hybridized carbons (Fsp3) is 0.375. The zero-order valence-electron chi connectivity index (χ0n) is 12.9. The molecule has 0 aromatic carbocycles. The van der Waals surface area contributed by atoms with E-state index in [0.717, 1.165) is 51.9 Å². The van der Waals surface area contributed by atoms with Crippen LogP contribution in [-0.2, 0) is 17.0 Å². The molecule has 3 aromatic rings. The summed E-state index contributed by atoms with van der Waals surface area (Å²) in [5.41, 5.74) is 0. The number of ether oxygens (including phenoxy) is 1. The van der Waals surface area contributed by atoms with Gasteiger partial charge in [-0.3, -0.25) is 4.57 Å². The van der Waals surface area contributed by atoms with Gasteiger partial charge in [0.15, 0.2) is 11.0 Å². The maximum Gasteiger partial charge on any atom is 0.191 e. The molecule has 1 saturated heterocycles. The van der Waals surface area contributed by atoms with E-state index in [4.69, 9.17) is 16.3 Å². The molecule has 4 heterocycles. The van der Waals surface area contributed by atoms with Crippen molar-refractivity contribution in [2.45, 2.75) is 36.4 Å². The molecule has 3 aromatic heterocycles. The van der Waals surface area contributed by atoms with Crippen molar-refractivity contribution in [2.75, 3.05) is 6.61 Å². The van der Waals surface area contributed by atoms with E-state index in [1.54, 1.807) is 34.4 Å². The van der Waals surface area contributed by atoms with Crippen LogP contribution >= 0.6 is 46.0 Å². The third kappa shape index (κ3) is 3.70. The van der Waals surface area contributed by atoms with Gasteiger partial charge in [-0.2, -0.15) is 0 Å². The van der Waals surface area contributed by atoms with E-state index in [-0.39, 0.29) is 6.10 Å². The van der Waals surface area contributed by atoms with Gasteiger partial charge in [-0.1, -0.05) is 29.4 Å². The molecule has 1 aliphatic rings. The summed E-state index contributed by atoms with van der Waals surface area (Å²) in [6.07, 6.45) is 2.50. The Labute approximate surface area is 157 Å². The van der Waals surface area contributed by atoms with Crippen LogP contribution in [0.5, 0.6) is 0 Å². The highest BCUT2D eigenvalue weighted by atomic mass is 35.5. The van der Waals surface area contributed by atoms with Gasteiger partial charge in [0, 0.05) is 17.2 Å². The molecule has 0 N–H and O–H groups in total. The molecule has 24 heavy (non-hydrogen) atoms. The average Bonchev–Trinajstić information content (AvgIpc) is 3.34. The van der Waals surface area contributed by atoms with Gasteiger partial charge < -0.3 is 4.74 Å². The Morgan fingerprint density at radius 1 is 1.33 bits per heavy atom. The van der Waals surface area contributed by atoms with Gasteiger partial charge in [-0.25, -0.2) is 0 Å². The molecule has 0 spiro atoms. The highest BCUT2D eigenvalue weighted by Gasteiger charge is 2.22. The summed E-state index contributed by atoms with van der Waals surface area (Å²) < 4.78 is 8.86. The maximum atomic E-state index is 6.02. The molecular weight excluding hydrogens is 382 g/mol. The van der Waals surface area contributed by atoms with E-state index < -0.39 is 0 Å². The van der Waals surface area contributed by atoms with Crippen molar-refractivity contribution in [1.82, 2.24) is 14.8 Å². The Bertz CT molecular complexity index is 793. The minimum Gasteiger partial charge on any atom is -0.376 e. The van der Waals surface area contributed by atoms with Crippen LogP contribution in [-0.4, -0.2) is 27.5 Å². The van der Waals surface area contributed by atoms with Crippen molar-refractivity contribution in [1.29, 1.82) is 0 Å². The number of hydrogen-bond acceptors (Lipinski definition) is 6. The summed E-state index contributed by atoms with van der Waals surface area (Å²) in [6, 6.07) is 8.15. The minimum absolute atomic E-state index is 0.259. The van der Waals surface area contributed by atoms with Crippen LogP contribution < -0.4 is 0 Å². The average molecular weight is 398 g/mol. The van der Waals surface area contributed by atoms with Crippen molar-refractivity contribution >= 4 is 46.0 Å². The Hall–Kier alpha value is -0.860. The minimum atomic E-state index is 0.259. The first-order valence-corrected chi connectivity index (χ1v) is 10.8. The molecule has 126 valence electrons. The van der Waals surface area contributed by atoms with Gasteiger partial charge in [-0.05, 0) is 36.4 Å². The molecule has 1 fully saturated rings. The Kier molecular flexibility index (Phi) is 5.24. The second kappa shape index (κ2) is 7.58. The highest BCUT2D eigenvalue weighted by molar-refractivity contribution is 7.98. The van der Waals surface area contributed by atoms with Crippen LogP contribution in [0.1, 0.15) is 17.7 Å². The predicted octanol–water partition coefficient (Wildman–Crippen LogP) is 5.19. The maximum absolute atomic E-state index is 6.02. The van der Waals surface area contributed by atoms with Crippen LogP contribution in [0.3, 0.4) is 0 Å². The molecule has 1 atom stereocenters. The van der Waals surface area contributed by atoms with Gasteiger partial charge in [-0.15, -0.1) is 32.9 Å². The fourth-order valence-corrected chi connectivity index (χ4v) is 5.50. The van der Waals surface area contributed by atoms with E-state index >= 15 is 0 Å². The van der Waals surface area contributed by atoms with Crippen LogP contribution in [0.15, 0.2) is 34.8 Å². The van der Waals surface area contributed by atoms with E-state index in [9.17, 15) is 0 Å². The third-order valence-electron chi connectivity index (χ3n) is 3.84. The summed E-state index contributed by atoms with van der Waals surface area (Å²) in [5.74, 6) is 1.79. The molecule has 4 nitrogen and oxygen atoms in total. The first-order chi connectivity index (χ1) is 11.8. The zero-order chi connectivity index (χ0) is 16.4. The van der Waals surface area contributed by atoms with Crippen molar-refractivity contribution in [3.63, 3.8) is 0 Å². The van der Waals surface area contributed by atoms with E-state index in [0.29, 0.717) is 0 Å². The Morgan fingerprint density at radius 3 is 3.00 bits per heavy atom. The quantitative estimate of drug-likeness (QED) is 0.536. The summed E-state index contributed by atoms with van der Waals surface area (Å²) in [4.78, 5) is 2.39. The highest BCUT2D eigenvalue weighted by Crippen LogP contribution is 2.32. The molecule has 1 unspecified atom stereocenters. The number of thioether (sulfide) groups is 1. The van der Waals surface area contributed by atoms with Gasteiger partial charge in [0.25, 0.3) is 0 Å². The third-order valence-corrected chi connectivity index (χ3v) is 7.14. The lowest BCUT2D eigenvalue weighted by atomic mass is 10.2. The van der Waals surface area contributed by atoms with Crippen LogP contribution in [0.2, 0.25) is 4.34 Å². The zero-order valence-corrected chi connectivity index (χ0v) is 16.1. The lowest BCUT2D eigenvalue weighted by molar-refractivity contribution is 0.0953. The smallest absolute Gasteiger partial charge is 0.191 e. The van der Waals surface area contributed by atoms with E-state index in [1.165, 1.54) is 4.88 Å². The topological polar surface area (TPSA) is 39.9 Å². The monoisotopic (exact) mass is 397 g/mol. The lowest BCUT2D eigenvalue weighted by Crippen LogP contribution is -2.16. The first kappa shape index (κ1) is 16.6. The molecule has 0 aliphatic carbocycles. The molecule has 4 rings (SSSR count). The molecule has 0 amide bonds. The first-order valence-electron chi connectivity index (χ1n) is 7.75. The fourth-order valence-electron chi connectivity index (χ4n) is 2.71. The van der Waals surface area contributed by atoms with Crippen molar-refractivity contribution in [3.8, 4) is 10.7 Å². The van der Waals surface area contributed by atoms with Crippen LogP contribution in [0.25, 0.3) is 10.7 Å². The molecule has 0 saturated carbocycles. The van der Waals surface area contributed by atoms with Gasteiger partial charge >= 0.3 is 0 Å². The second-order valence-corrected chi connectivity index (χ2v) is 9.21. The van der Waals surface area contributed by atoms with E-state index in [2.05, 4.69) is 32.3 Å². The van der Waals surface area contributed by atoms with E-state index in [1.807, 2.05) is 12.1 Å². The predicted molar refractivity (Wildman–Crippen MR) is 101 cm³/mol. The summed E-state index contributed by atoms with van der Waals surface area (Å²) in [6.45, 7) is 1.67. The van der Waals surface area contributed by atoms with Gasteiger partial charge in [0.1, 0.15) is 0 Å². The number of hydrogen-bond donors (Lipinski definition) is 0. The Morgan fingerprint density at radius 2 is 2.29 bits per heavy atom.